The molecular formula is C13H22ClN3O2S. The number of hydrogen-bond acceptors (Lipinski definition) is 4. The lowest BCUT2D eigenvalue weighted by Crippen LogP contribution is -2.39. The van der Waals surface area contributed by atoms with Crippen LogP contribution in [0, 0.1) is 19.8 Å². The molecule has 2 rings (SSSR count). The van der Waals surface area contributed by atoms with Gasteiger partial charge in [-0.3, -0.25) is 9.59 Å². The molecule has 3 N–H and O–H groups in total. The van der Waals surface area contributed by atoms with Gasteiger partial charge in [-0.05, 0) is 32.6 Å². The van der Waals surface area contributed by atoms with Crippen LogP contribution in [0.3, 0.4) is 0 Å². The van der Waals surface area contributed by atoms with Crippen molar-refractivity contribution >= 4 is 29.7 Å². The molecule has 0 aliphatic heterocycles. The Morgan fingerprint density at radius 2 is 2.15 bits per heavy atom. The molecule has 1 aromatic rings. The van der Waals surface area contributed by atoms with E-state index in [-0.39, 0.29) is 29.2 Å². The molecule has 1 saturated carbocycles. The minimum atomic E-state index is -0.0359. The summed E-state index contributed by atoms with van der Waals surface area (Å²) >= 11 is 1.23. The van der Waals surface area contributed by atoms with Crippen LogP contribution in [0.2, 0.25) is 0 Å². The highest BCUT2D eigenvalue weighted by Gasteiger charge is 2.28. The van der Waals surface area contributed by atoms with Gasteiger partial charge in [0.1, 0.15) is 0 Å². The second-order valence-corrected chi connectivity index (χ2v) is 6.38. The fraction of sp³-hybridized carbons (Fsp3) is 0.692. The molecule has 0 bridgehead atoms. The average Bonchev–Trinajstić information content (AvgIpc) is 3.16. The van der Waals surface area contributed by atoms with Crippen LogP contribution < -0.4 is 15.9 Å². The standard InChI is InChI=1S/C13H21N3O2S.ClH/c1-8-9(2)19-13(18)16(8)6-5-12(17)15-7-11(14)10-3-4-10;/h10-11H,3-7,14H2,1-2H3,(H,15,17);1H. The van der Waals surface area contributed by atoms with Gasteiger partial charge in [-0.2, -0.15) is 0 Å². The Morgan fingerprint density at radius 3 is 2.65 bits per heavy atom. The van der Waals surface area contributed by atoms with E-state index in [1.54, 1.807) is 4.57 Å². The van der Waals surface area contributed by atoms with Crippen molar-refractivity contribution in [3.63, 3.8) is 0 Å². The van der Waals surface area contributed by atoms with Crippen LogP contribution in [0.15, 0.2) is 4.79 Å². The summed E-state index contributed by atoms with van der Waals surface area (Å²) in [6, 6.07) is 0.0804. The number of hydrogen-bond donors (Lipinski definition) is 2. The molecule has 0 radical (unpaired) electrons. The third kappa shape index (κ3) is 4.33. The summed E-state index contributed by atoms with van der Waals surface area (Å²) in [7, 11) is 0. The number of amides is 1. The quantitative estimate of drug-likeness (QED) is 0.827. The maximum atomic E-state index is 11.7. The second-order valence-electron chi connectivity index (χ2n) is 5.22. The number of nitrogens with one attached hydrogen (secondary N) is 1. The molecule has 1 amide bonds. The molecule has 114 valence electrons. The first-order valence-electron chi connectivity index (χ1n) is 6.68. The predicted octanol–water partition coefficient (Wildman–Crippen LogP) is 1.19. The van der Waals surface area contributed by atoms with Crippen LogP contribution >= 0.6 is 23.7 Å². The van der Waals surface area contributed by atoms with Crippen LogP contribution in [0.25, 0.3) is 0 Å². The molecule has 1 aliphatic carbocycles. The van der Waals surface area contributed by atoms with E-state index in [1.807, 2.05) is 13.8 Å². The van der Waals surface area contributed by atoms with E-state index in [9.17, 15) is 9.59 Å². The second kappa shape index (κ2) is 7.24. The summed E-state index contributed by atoms with van der Waals surface area (Å²) in [5.74, 6) is 0.552. The van der Waals surface area contributed by atoms with Gasteiger partial charge in [0.15, 0.2) is 0 Å². The Hall–Kier alpha value is -0.850. The molecule has 0 spiro atoms. The zero-order chi connectivity index (χ0) is 14.0. The molecule has 1 aromatic heterocycles. The normalized spacial score (nSPS) is 15.6. The van der Waals surface area contributed by atoms with E-state index >= 15 is 0 Å². The number of carbonyl (C=O) groups excluding carboxylic acids is 1. The zero-order valence-corrected chi connectivity index (χ0v) is 13.5. The van der Waals surface area contributed by atoms with Crippen molar-refractivity contribution in [2.45, 2.75) is 45.7 Å². The van der Waals surface area contributed by atoms with E-state index in [0.29, 0.717) is 25.4 Å². The third-order valence-corrected chi connectivity index (χ3v) is 4.70. The smallest absolute Gasteiger partial charge is 0.307 e. The monoisotopic (exact) mass is 319 g/mol. The summed E-state index contributed by atoms with van der Waals surface area (Å²) in [5, 5.41) is 2.84. The molecule has 1 fully saturated rings. The zero-order valence-electron chi connectivity index (χ0n) is 11.8. The van der Waals surface area contributed by atoms with Crippen molar-refractivity contribution in [1.82, 2.24) is 9.88 Å². The lowest BCUT2D eigenvalue weighted by Gasteiger charge is -2.11. The highest BCUT2D eigenvalue weighted by Crippen LogP contribution is 2.31. The number of aromatic nitrogens is 1. The van der Waals surface area contributed by atoms with Gasteiger partial charge >= 0.3 is 4.87 Å². The van der Waals surface area contributed by atoms with E-state index in [2.05, 4.69) is 5.32 Å². The van der Waals surface area contributed by atoms with Crippen LogP contribution in [0.1, 0.15) is 29.8 Å². The first-order valence-corrected chi connectivity index (χ1v) is 7.49. The molecule has 0 saturated heterocycles. The average molecular weight is 320 g/mol. The van der Waals surface area contributed by atoms with Crippen molar-refractivity contribution in [3.8, 4) is 0 Å². The Morgan fingerprint density at radius 1 is 1.50 bits per heavy atom. The van der Waals surface area contributed by atoms with Gasteiger partial charge in [-0.1, -0.05) is 11.3 Å². The van der Waals surface area contributed by atoms with E-state index in [1.165, 1.54) is 24.2 Å². The summed E-state index contributed by atoms with van der Waals surface area (Å²) in [5.41, 5.74) is 6.87. The minimum absolute atomic E-state index is 0. The molecular weight excluding hydrogens is 298 g/mol. The van der Waals surface area contributed by atoms with Gasteiger partial charge in [-0.25, -0.2) is 0 Å². The van der Waals surface area contributed by atoms with Crippen molar-refractivity contribution in [1.29, 1.82) is 0 Å². The number of carbonyl (C=O) groups is 1. The molecule has 1 atom stereocenters. The van der Waals surface area contributed by atoms with Crippen molar-refractivity contribution in [3.05, 3.63) is 20.2 Å². The molecule has 1 heterocycles. The number of halogens is 1. The van der Waals surface area contributed by atoms with E-state index < -0.39 is 0 Å². The lowest BCUT2D eigenvalue weighted by atomic mass is 10.2. The van der Waals surface area contributed by atoms with Gasteiger partial charge in [0.2, 0.25) is 5.91 Å². The van der Waals surface area contributed by atoms with Gasteiger partial charge in [-0.15, -0.1) is 12.4 Å². The number of nitrogens with zero attached hydrogens (tertiary/aromatic N) is 1. The number of rotatable bonds is 6. The molecule has 1 aliphatic rings. The van der Waals surface area contributed by atoms with E-state index in [0.717, 1.165) is 10.6 Å². The Labute approximate surface area is 129 Å². The fourth-order valence-electron chi connectivity index (χ4n) is 2.07. The lowest BCUT2D eigenvalue weighted by molar-refractivity contribution is -0.121. The van der Waals surface area contributed by atoms with Gasteiger partial charge in [0.25, 0.3) is 0 Å². The highest BCUT2D eigenvalue weighted by molar-refractivity contribution is 7.09. The van der Waals surface area contributed by atoms with Crippen molar-refractivity contribution in [2.75, 3.05) is 6.54 Å². The highest BCUT2D eigenvalue weighted by atomic mass is 35.5. The summed E-state index contributed by atoms with van der Waals surface area (Å²) < 4.78 is 1.67. The van der Waals surface area contributed by atoms with Crippen molar-refractivity contribution < 1.29 is 4.79 Å². The Balaban J connectivity index is 0.00000200. The maximum absolute atomic E-state index is 11.7. The van der Waals surface area contributed by atoms with Gasteiger partial charge < -0.3 is 15.6 Å². The summed E-state index contributed by atoms with van der Waals surface area (Å²) in [6.45, 7) is 4.82. The van der Waals surface area contributed by atoms with Crippen LogP contribution in [-0.2, 0) is 11.3 Å². The van der Waals surface area contributed by atoms with E-state index in [4.69, 9.17) is 5.73 Å². The minimum Gasteiger partial charge on any atom is -0.354 e. The maximum Gasteiger partial charge on any atom is 0.307 e. The van der Waals surface area contributed by atoms with Gasteiger partial charge in [0, 0.05) is 36.1 Å². The van der Waals surface area contributed by atoms with Crippen LogP contribution in [-0.4, -0.2) is 23.1 Å². The largest absolute Gasteiger partial charge is 0.354 e. The Kier molecular flexibility index (Phi) is 6.23. The molecule has 7 heteroatoms. The molecule has 20 heavy (non-hydrogen) atoms. The van der Waals surface area contributed by atoms with Crippen molar-refractivity contribution in [2.24, 2.45) is 11.7 Å². The topological polar surface area (TPSA) is 77.1 Å². The number of thiazole rings is 1. The predicted molar refractivity (Wildman–Crippen MR) is 83.6 cm³/mol. The molecule has 1 unspecified atom stereocenters. The first kappa shape index (κ1) is 17.2. The molecule has 5 nitrogen and oxygen atoms in total. The third-order valence-electron chi connectivity index (χ3n) is 3.70. The number of nitrogens with two attached hydrogens (primary N) is 1. The fourth-order valence-corrected chi connectivity index (χ4v) is 2.93. The van der Waals surface area contributed by atoms with Crippen LogP contribution in [0.5, 0.6) is 0 Å². The summed E-state index contributed by atoms with van der Waals surface area (Å²) in [4.78, 5) is 24.4. The Bertz CT molecular complexity index is 522. The SMILES string of the molecule is Cc1sc(=O)n(CCC(=O)NCC(N)C2CC2)c1C.Cl. The number of aryl methyl sites for hydroxylation is 1. The molecule has 0 aromatic carbocycles. The summed E-state index contributed by atoms with van der Waals surface area (Å²) in [6.07, 6.45) is 2.69. The van der Waals surface area contributed by atoms with Crippen LogP contribution in [0.4, 0.5) is 0 Å². The van der Waals surface area contributed by atoms with Gasteiger partial charge in [0.05, 0.1) is 0 Å². The first-order chi connectivity index (χ1) is 8.99.